The van der Waals surface area contributed by atoms with Gasteiger partial charge in [-0.25, -0.2) is 0 Å². The molecule has 0 aromatic rings. The van der Waals surface area contributed by atoms with Crippen LogP contribution in [-0.4, -0.2) is 12.6 Å². The van der Waals surface area contributed by atoms with Gasteiger partial charge in [-0.2, -0.15) is 0 Å². The van der Waals surface area contributed by atoms with Crippen LogP contribution in [-0.2, 0) is 9.53 Å². The molecule has 2 nitrogen and oxygen atoms in total. The lowest BCUT2D eigenvalue weighted by molar-refractivity contribution is -0.147. The van der Waals surface area contributed by atoms with Gasteiger partial charge in [0.25, 0.3) is 0 Å². The Labute approximate surface area is 98.1 Å². The summed E-state index contributed by atoms with van der Waals surface area (Å²) in [7, 11) is 0. The molecule has 0 N–H and O–H groups in total. The van der Waals surface area contributed by atoms with Crippen LogP contribution in [0.5, 0.6) is 0 Å². The van der Waals surface area contributed by atoms with Gasteiger partial charge in [-0.05, 0) is 51.4 Å². The molecule has 0 bridgehead atoms. The van der Waals surface area contributed by atoms with E-state index in [1.165, 1.54) is 24.8 Å². The molecule has 1 fully saturated rings. The van der Waals surface area contributed by atoms with Gasteiger partial charge in [-0.3, -0.25) is 4.79 Å². The molecule has 0 saturated heterocycles. The summed E-state index contributed by atoms with van der Waals surface area (Å²) >= 11 is 0. The van der Waals surface area contributed by atoms with E-state index in [-0.39, 0.29) is 11.9 Å². The maximum Gasteiger partial charge on any atom is 0.313 e. The number of rotatable bonds is 3. The van der Waals surface area contributed by atoms with E-state index in [1.807, 2.05) is 6.92 Å². The first-order valence-corrected chi connectivity index (χ1v) is 6.51. The summed E-state index contributed by atoms with van der Waals surface area (Å²) in [5, 5.41) is 0. The van der Waals surface area contributed by atoms with Crippen molar-refractivity contribution in [3.05, 3.63) is 11.1 Å². The van der Waals surface area contributed by atoms with Crippen LogP contribution in [0.25, 0.3) is 0 Å². The lowest BCUT2D eigenvalue weighted by atomic mass is 9.74. The zero-order chi connectivity index (χ0) is 11.8. The summed E-state index contributed by atoms with van der Waals surface area (Å²) < 4.78 is 5.16. The van der Waals surface area contributed by atoms with E-state index in [9.17, 15) is 4.79 Å². The minimum atomic E-state index is -0.0125. The third-order valence-corrected chi connectivity index (χ3v) is 4.33. The van der Waals surface area contributed by atoms with Crippen molar-refractivity contribution in [2.45, 2.75) is 52.9 Å². The average molecular weight is 222 g/mol. The van der Waals surface area contributed by atoms with E-state index in [1.54, 1.807) is 5.57 Å². The van der Waals surface area contributed by atoms with Crippen molar-refractivity contribution in [2.75, 3.05) is 6.61 Å². The number of hydrogen-bond acceptors (Lipinski definition) is 2. The molecule has 1 spiro atoms. The summed E-state index contributed by atoms with van der Waals surface area (Å²) in [5.41, 5.74) is 3.36. The van der Waals surface area contributed by atoms with Gasteiger partial charge in [0.1, 0.15) is 0 Å². The Balaban J connectivity index is 2.21. The highest BCUT2D eigenvalue weighted by atomic mass is 16.5. The van der Waals surface area contributed by atoms with Crippen LogP contribution in [0, 0.1) is 11.3 Å². The van der Waals surface area contributed by atoms with Crippen molar-refractivity contribution >= 4 is 5.97 Å². The zero-order valence-electron chi connectivity index (χ0n) is 10.6. The number of carbonyl (C=O) groups excluding carboxylic acids is 1. The summed E-state index contributed by atoms with van der Waals surface area (Å²) in [6.07, 6.45) is 5.96. The molecule has 90 valence electrons. The second kappa shape index (κ2) is 4.23. The van der Waals surface area contributed by atoms with Crippen LogP contribution in [0.1, 0.15) is 52.9 Å². The number of esters is 1. The molecule has 1 atom stereocenters. The molecular formula is C14H22O2. The van der Waals surface area contributed by atoms with Crippen molar-refractivity contribution in [1.82, 2.24) is 0 Å². The maximum atomic E-state index is 11.8. The monoisotopic (exact) mass is 222 g/mol. The molecule has 2 heteroatoms. The Morgan fingerprint density at radius 1 is 1.38 bits per heavy atom. The van der Waals surface area contributed by atoms with Crippen molar-refractivity contribution in [3.8, 4) is 0 Å². The first-order valence-electron chi connectivity index (χ1n) is 6.51. The highest BCUT2D eigenvalue weighted by Crippen LogP contribution is 2.60. The normalized spacial score (nSPS) is 27.1. The Bertz CT molecular complexity index is 324. The number of allylic oxidation sites excluding steroid dienone is 1. The van der Waals surface area contributed by atoms with Gasteiger partial charge in [-0.1, -0.05) is 18.1 Å². The second-order valence-electron chi connectivity index (χ2n) is 5.14. The van der Waals surface area contributed by atoms with E-state index in [4.69, 9.17) is 4.74 Å². The van der Waals surface area contributed by atoms with Crippen LogP contribution in [0.15, 0.2) is 11.1 Å². The molecule has 0 radical (unpaired) electrons. The maximum absolute atomic E-state index is 11.8. The van der Waals surface area contributed by atoms with Crippen LogP contribution in [0.3, 0.4) is 0 Å². The highest BCUT2D eigenvalue weighted by molar-refractivity contribution is 5.76. The fraction of sp³-hybridized carbons (Fsp3) is 0.786. The summed E-state index contributed by atoms with van der Waals surface area (Å²) in [6, 6.07) is 0. The molecular weight excluding hydrogens is 200 g/mol. The van der Waals surface area contributed by atoms with Gasteiger partial charge >= 0.3 is 5.97 Å². The SMILES string of the molecule is CCOC(=O)C1CCC2(CC2)C(CC)=C1C. The van der Waals surface area contributed by atoms with Gasteiger partial charge in [0.05, 0.1) is 12.5 Å². The molecule has 0 heterocycles. The standard InChI is InChI=1S/C14H22O2/c1-4-12-10(3)11(13(15)16-5-2)6-7-14(12)8-9-14/h11H,4-9H2,1-3H3. The van der Waals surface area contributed by atoms with E-state index >= 15 is 0 Å². The molecule has 2 aliphatic rings. The molecule has 1 saturated carbocycles. The Kier molecular flexibility index (Phi) is 3.09. The topological polar surface area (TPSA) is 26.3 Å². The minimum Gasteiger partial charge on any atom is -0.466 e. The first kappa shape index (κ1) is 11.7. The van der Waals surface area contributed by atoms with Crippen LogP contribution < -0.4 is 0 Å². The molecule has 0 aliphatic heterocycles. The van der Waals surface area contributed by atoms with E-state index < -0.39 is 0 Å². The van der Waals surface area contributed by atoms with Gasteiger partial charge < -0.3 is 4.74 Å². The Morgan fingerprint density at radius 2 is 2.06 bits per heavy atom. The highest BCUT2D eigenvalue weighted by Gasteiger charge is 2.49. The molecule has 2 rings (SSSR count). The third-order valence-electron chi connectivity index (χ3n) is 4.33. The Morgan fingerprint density at radius 3 is 2.56 bits per heavy atom. The molecule has 2 aliphatic carbocycles. The number of ether oxygens (including phenoxy) is 1. The van der Waals surface area contributed by atoms with Crippen LogP contribution >= 0.6 is 0 Å². The quantitative estimate of drug-likeness (QED) is 0.540. The van der Waals surface area contributed by atoms with Gasteiger partial charge in [0.15, 0.2) is 0 Å². The second-order valence-corrected chi connectivity index (χ2v) is 5.14. The minimum absolute atomic E-state index is 0.0125. The van der Waals surface area contributed by atoms with E-state index in [0.717, 1.165) is 12.8 Å². The number of hydrogen-bond donors (Lipinski definition) is 0. The number of carbonyl (C=O) groups is 1. The van der Waals surface area contributed by atoms with E-state index in [2.05, 4.69) is 13.8 Å². The van der Waals surface area contributed by atoms with E-state index in [0.29, 0.717) is 12.0 Å². The average Bonchev–Trinajstić information content (AvgIpc) is 3.00. The predicted molar refractivity (Wildman–Crippen MR) is 64.0 cm³/mol. The molecule has 16 heavy (non-hydrogen) atoms. The smallest absolute Gasteiger partial charge is 0.313 e. The third kappa shape index (κ3) is 1.79. The Hall–Kier alpha value is -0.790. The fourth-order valence-electron chi connectivity index (χ4n) is 3.31. The summed E-state index contributed by atoms with van der Waals surface area (Å²) in [6.45, 7) is 6.73. The lowest BCUT2D eigenvalue weighted by Crippen LogP contribution is -2.26. The zero-order valence-corrected chi connectivity index (χ0v) is 10.6. The predicted octanol–water partition coefficient (Wildman–Crippen LogP) is 3.47. The van der Waals surface area contributed by atoms with Crippen molar-refractivity contribution in [1.29, 1.82) is 0 Å². The van der Waals surface area contributed by atoms with Crippen LogP contribution in [0.4, 0.5) is 0 Å². The molecule has 1 unspecified atom stereocenters. The summed E-state index contributed by atoms with van der Waals surface area (Å²) in [5.74, 6) is 0.0302. The van der Waals surface area contributed by atoms with Crippen molar-refractivity contribution in [2.24, 2.45) is 11.3 Å². The molecule has 0 aromatic carbocycles. The van der Waals surface area contributed by atoms with Gasteiger partial charge in [0.2, 0.25) is 0 Å². The first-order chi connectivity index (χ1) is 7.64. The largest absolute Gasteiger partial charge is 0.466 e. The van der Waals surface area contributed by atoms with Crippen molar-refractivity contribution in [3.63, 3.8) is 0 Å². The lowest BCUT2D eigenvalue weighted by Gasteiger charge is -2.31. The summed E-state index contributed by atoms with van der Waals surface area (Å²) in [4.78, 5) is 11.8. The van der Waals surface area contributed by atoms with Crippen molar-refractivity contribution < 1.29 is 9.53 Å². The van der Waals surface area contributed by atoms with Gasteiger partial charge in [0, 0.05) is 0 Å². The molecule has 0 aromatic heterocycles. The van der Waals surface area contributed by atoms with Gasteiger partial charge in [-0.15, -0.1) is 0 Å². The van der Waals surface area contributed by atoms with Crippen LogP contribution in [0.2, 0.25) is 0 Å². The molecule has 0 amide bonds. The fourth-order valence-corrected chi connectivity index (χ4v) is 3.31.